The highest BCUT2D eigenvalue weighted by Gasteiger charge is 2.21. The highest BCUT2D eigenvalue weighted by molar-refractivity contribution is 9.10. The first kappa shape index (κ1) is 16.1. The number of anilines is 1. The van der Waals surface area contributed by atoms with E-state index in [0.717, 1.165) is 22.3 Å². The lowest BCUT2D eigenvalue weighted by molar-refractivity contribution is 0.535. The maximum atomic E-state index is 13.8. The van der Waals surface area contributed by atoms with Crippen LogP contribution in [0.2, 0.25) is 0 Å². The van der Waals surface area contributed by atoms with E-state index in [0.29, 0.717) is 12.1 Å². The molecule has 0 fully saturated rings. The quantitative estimate of drug-likeness (QED) is 0.833. The summed E-state index contributed by atoms with van der Waals surface area (Å²) in [4.78, 5) is -0.463. The fourth-order valence-electron chi connectivity index (χ4n) is 1.97. The van der Waals surface area contributed by atoms with Gasteiger partial charge in [0.25, 0.3) is 0 Å². The van der Waals surface area contributed by atoms with Crippen LogP contribution in [0.15, 0.2) is 21.5 Å². The number of nitrogens with two attached hydrogens (primary N) is 1. The average Bonchev–Trinajstić information content (AvgIpc) is 2.65. The summed E-state index contributed by atoms with van der Waals surface area (Å²) in [6.07, 6.45) is 0.700. The summed E-state index contributed by atoms with van der Waals surface area (Å²) in [5.41, 5.74) is 6.74. The molecule has 0 aliphatic carbocycles. The van der Waals surface area contributed by atoms with Gasteiger partial charge in [0.05, 0.1) is 32.4 Å². The molecule has 1 heterocycles. The van der Waals surface area contributed by atoms with Crippen molar-refractivity contribution in [1.82, 2.24) is 9.78 Å². The summed E-state index contributed by atoms with van der Waals surface area (Å²) in [6.45, 7) is 1.94. The molecule has 0 aliphatic heterocycles. The van der Waals surface area contributed by atoms with E-state index in [4.69, 9.17) is 5.73 Å². The zero-order valence-corrected chi connectivity index (χ0v) is 13.9. The minimum atomic E-state index is -1.87. The van der Waals surface area contributed by atoms with Crippen molar-refractivity contribution in [2.24, 2.45) is 7.05 Å². The van der Waals surface area contributed by atoms with Crippen molar-refractivity contribution in [1.29, 1.82) is 0 Å². The number of hydrogen-bond donors (Lipinski definition) is 1. The van der Waals surface area contributed by atoms with Crippen LogP contribution in [0.3, 0.4) is 0 Å². The third-order valence-corrected chi connectivity index (χ3v) is 5.32. The molecule has 21 heavy (non-hydrogen) atoms. The Kier molecular flexibility index (Phi) is 4.77. The van der Waals surface area contributed by atoms with Gasteiger partial charge in [-0.05, 0) is 34.5 Å². The lowest BCUT2D eigenvalue weighted by Crippen LogP contribution is -2.07. The Hall–Kier alpha value is -1.28. The van der Waals surface area contributed by atoms with Crippen LogP contribution in [0.25, 0.3) is 0 Å². The van der Waals surface area contributed by atoms with Gasteiger partial charge in [-0.15, -0.1) is 0 Å². The van der Waals surface area contributed by atoms with Gasteiger partial charge < -0.3 is 5.73 Å². The molecule has 4 nitrogen and oxygen atoms in total. The van der Waals surface area contributed by atoms with E-state index in [9.17, 15) is 13.0 Å². The third kappa shape index (κ3) is 3.16. The normalized spacial score (nSPS) is 12.6. The van der Waals surface area contributed by atoms with Crippen LogP contribution in [0, 0.1) is 11.6 Å². The summed E-state index contributed by atoms with van der Waals surface area (Å²) in [6, 6.07) is 1.93. The topological polar surface area (TPSA) is 60.9 Å². The molecule has 2 N–H and O–H groups in total. The van der Waals surface area contributed by atoms with Gasteiger partial charge in [-0.3, -0.25) is 8.89 Å². The van der Waals surface area contributed by atoms with Crippen molar-refractivity contribution >= 4 is 32.4 Å². The van der Waals surface area contributed by atoms with Gasteiger partial charge in [0.1, 0.15) is 16.5 Å². The lowest BCUT2D eigenvalue weighted by atomic mass is 10.3. The van der Waals surface area contributed by atoms with Crippen LogP contribution in [0.4, 0.5) is 14.5 Å². The first-order valence-corrected chi connectivity index (χ1v) is 8.29. The molecule has 1 atom stereocenters. The Bertz CT molecular complexity index is 695. The summed E-state index contributed by atoms with van der Waals surface area (Å²) in [7, 11) is -0.171. The minimum Gasteiger partial charge on any atom is -0.399 e. The predicted molar refractivity (Wildman–Crippen MR) is 81.2 cm³/mol. The third-order valence-electron chi connectivity index (χ3n) is 3.02. The van der Waals surface area contributed by atoms with E-state index >= 15 is 0 Å². The number of halogens is 3. The van der Waals surface area contributed by atoms with Crippen LogP contribution in [-0.4, -0.2) is 14.0 Å². The van der Waals surface area contributed by atoms with Crippen molar-refractivity contribution in [3.63, 3.8) is 0 Å². The Labute approximate surface area is 131 Å². The van der Waals surface area contributed by atoms with Crippen LogP contribution >= 0.6 is 15.9 Å². The van der Waals surface area contributed by atoms with Crippen molar-refractivity contribution in [3.05, 3.63) is 39.6 Å². The second kappa shape index (κ2) is 6.23. The van der Waals surface area contributed by atoms with E-state index in [1.807, 2.05) is 6.92 Å². The van der Waals surface area contributed by atoms with E-state index in [1.54, 1.807) is 11.7 Å². The molecule has 1 aromatic carbocycles. The Morgan fingerprint density at radius 1 is 1.38 bits per heavy atom. The van der Waals surface area contributed by atoms with E-state index in [1.165, 1.54) is 0 Å². The second-order valence-electron chi connectivity index (χ2n) is 4.49. The molecular formula is C13H14BrF2N3OS. The summed E-state index contributed by atoms with van der Waals surface area (Å²) in [5, 5.41) is 4.26. The summed E-state index contributed by atoms with van der Waals surface area (Å²) >= 11 is 3.39. The zero-order chi connectivity index (χ0) is 15.7. The molecule has 0 aliphatic rings. The molecule has 0 saturated heterocycles. The van der Waals surface area contributed by atoms with Crippen molar-refractivity contribution in [2.75, 3.05) is 5.73 Å². The molecular weight excluding hydrogens is 364 g/mol. The number of aryl methyl sites for hydroxylation is 2. The van der Waals surface area contributed by atoms with Crippen LogP contribution in [0.1, 0.15) is 18.3 Å². The molecule has 0 amide bonds. The standard InChI is InChI=1S/C13H14BrF2N3OS/c1-3-10-12(14)11(19(2)18-10)6-21(20)13-8(15)4-7(17)5-9(13)16/h4-5H,3,6,17H2,1-2H3. The molecule has 0 radical (unpaired) electrons. The van der Waals surface area contributed by atoms with E-state index < -0.39 is 27.3 Å². The van der Waals surface area contributed by atoms with E-state index in [-0.39, 0.29) is 11.4 Å². The van der Waals surface area contributed by atoms with Crippen molar-refractivity contribution in [3.8, 4) is 0 Å². The lowest BCUT2D eigenvalue weighted by Gasteiger charge is -2.07. The number of aromatic nitrogens is 2. The first-order valence-electron chi connectivity index (χ1n) is 6.18. The molecule has 2 rings (SSSR count). The van der Waals surface area contributed by atoms with Crippen molar-refractivity contribution in [2.45, 2.75) is 24.0 Å². The molecule has 2 aromatic rings. The Balaban J connectivity index is 2.37. The second-order valence-corrected chi connectivity index (χ2v) is 6.67. The fourth-order valence-corrected chi connectivity index (χ4v) is 4.19. The maximum absolute atomic E-state index is 13.8. The smallest absolute Gasteiger partial charge is 0.144 e. The maximum Gasteiger partial charge on any atom is 0.144 e. The fraction of sp³-hybridized carbons (Fsp3) is 0.308. The molecule has 0 bridgehead atoms. The van der Waals surface area contributed by atoms with Crippen LogP contribution in [-0.2, 0) is 30.0 Å². The molecule has 0 saturated carbocycles. The molecule has 8 heteroatoms. The van der Waals surface area contributed by atoms with Crippen molar-refractivity contribution < 1.29 is 13.0 Å². The average molecular weight is 378 g/mol. The van der Waals surface area contributed by atoms with Crippen LogP contribution in [0.5, 0.6) is 0 Å². The minimum absolute atomic E-state index is 0.0398. The van der Waals surface area contributed by atoms with Crippen LogP contribution < -0.4 is 5.73 Å². The van der Waals surface area contributed by atoms with E-state index in [2.05, 4.69) is 21.0 Å². The molecule has 1 unspecified atom stereocenters. The zero-order valence-electron chi connectivity index (χ0n) is 11.5. The van der Waals surface area contributed by atoms with Gasteiger partial charge >= 0.3 is 0 Å². The summed E-state index contributed by atoms with van der Waals surface area (Å²) < 4.78 is 42.2. The molecule has 1 aromatic heterocycles. The predicted octanol–water partition coefficient (Wildman–Crippen LogP) is 2.91. The first-order chi connectivity index (χ1) is 9.85. The SMILES string of the molecule is CCc1nn(C)c(CS(=O)c2c(F)cc(N)cc2F)c1Br. The number of rotatable bonds is 4. The highest BCUT2D eigenvalue weighted by Crippen LogP contribution is 2.27. The Morgan fingerprint density at radius 2 is 1.95 bits per heavy atom. The van der Waals surface area contributed by atoms with Gasteiger partial charge in [-0.25, -0.2) is 8.78 Å². The number of nitrogen functional groups attached to an aromatic ring is 1. The number of benzene rings is 1. The van der Waals surface area contributed by atoms with Gasteiger partial charge in [0.15, 0.2) is 0 Å². The summed E-state index contributed by atoms with van der Waals surface area (Å²) in [5.74, 6) is -1.85. The van der Waals surface area contributed by atoms with Gasteiger partial charge in [-0.2, -0.15) is 5.10 Å². The Morgan fingerprint density at radius 3 is 2.43 bits per heavy atom. The van der Waals surface area contributed by atoms with Gasteiger partial charge in [-0.1, -0.05) is 6.92 Å². The monoisotopic (exact) mass is 377 g/mol. The number of nitrogens with zero attached hydrogens (tertiary/aromatic N) is 2. The molecule has 0 spiro atoms. The highest BCUT2D eigenvalue weighted by atomic mass is 79.9. The van der Waals surface area contributed by atoms with Gasteiger partial charge in [0.2, 0.25) is 0 Å². The molecule has 114 valence electrons. The number of hydrogen-bond acceptors (Lipinski definition) is 3. The van der Waals surface area contributed by atoms with Gasteiger partial charge in [0, 0.05) is 12.7 Å². The largest absolute Gasteiger partial charge is 0.399 e.